The molecule has 0 fully saturated rings. The average molecular weight is 204 g/mol. The molecule has 3 nitrogen and oxygen atoms in total. The van der Waals surface area contributed by atoms with Crippen LogP contribution in [0.4, 0.5) is 4.39 Å². The number of aromatic nitrogens is 1. The fourth-order valence-electron chi connectivity index (χ4n) is 1.49. The van der Waals surface area contributed by atoms with Crippen LogP contribution < -0.4 is 5.73 Å². The van der Waals surface area contributed by atoms with Gasteiger partial charge in [0.05, 0.1) is 16.8 Å². The Balaban J connectivity index is 2.76. The van der Waals surface area contributed by atoms with Gasteiger partial charge in [-0.1, -0.05) is 0 Å². The molecule has 2 rings (SSSR count). The van der Waals surface area contributed by atoms with Gasteiger partial charge in [0.25, 0.3) is 5.91 Å². The molecule has 0 radical (unpaired) electrons. The molecule has 0 saturated carbocycles. The number of nitrogens with zero attached hydrogens (tertiary/aromatic N) is 1. The number of rotatable bonds is 1. The molecule has 0 atom stereocenters. The van der Waals surface area contributed by atoms with Crippen LogP contribution in [0, 0.1) is 12.7 Å². The van der Waals surface area contributed by atoms with E-state index in [1.807, 2.05) is 0 Å². The van der Waals surface area contributed by atoms with E-state index in [4.69, 9.17) is 5.73 Å². The zero-order chi connectivity index (χ0) is 11.0. The zero-order valence-electron chi connectivity index (χ0n) is 8.12. The van der Waals surface area contributed by atoms with E-state index in [2.05, 4.69) is 4.98 Å². The average Bonchev–Trinajstić information content (AvgIpc) is 2.15. The van der Waals surface area contributed by atoms with Gasteiger partial charge in [-0.05, 0) is 25.1 Å². The highest BCUT2D eigenvalue weighted by atomic mass is 19.1. The second kappa shape index (κ2) is 3.31. The lowest BCUT2D eigenvalue weighted by Crippen LogP contribution is -2.13. The Kier molecular flexibility index (Phi) is 2.11. The summed E-state index contributed by atoms with van der Waals surface area (Å²) in [7, 11) is 0. The summed E-state index contributed by atoms with van der Waals surface area (Å²) in [5.74, 6) is -0.868. The smallest absolute Gasteiger partial charge is 0.250 e. The molecule has 0 aliphatic carbocycles. The number of carbonyl (C=O) groups is 1. The van der Waals surface area contributed by atoms with E-state index in [0.717, 1.165) is 0 Å². The lowest BCUT2D eigenvalue weighted by Gasteiger charge is -2.03. The fourth-order valence-corrected chi connectivity index (χ4v) is 1.49. The van der Waals surface area contributed by atoms with Gasteiger partial charge in [-0.25, -0.2) is 4.39 Å². The number of amides is 1. The maximum absolute atomic E-state index is 12.9. The van der Waals surface area contributed by atoms with E-state index < -0.39 is 5.91 Å². The van der Waals surface area contributed by atoms with Gasteiger partial charge >= 0.3 is 0 Å². The largest absolute Gasteiger partial charge is 0.366 e. The Morgan fingerprint density at radius 3 is 2.80 bits per heavy atom. The maximum Gasteiger partial charge on any atom is 0.250 e. The van der Waals surface area contributed by atoms with Crippen molar-refractivity contribution in [2.75, 3.05) is 0 Å². The molecule has 0 spiro atoms. The van der Waals surface area contributed by atoms with Crippen LogP contribution in [0.2, 0.25) is 0 Å². The van der Waals surface area contributed by atoms with Crippen molar-refractivity contribution in [2.45, 2.75) is 6.92 Å². The molecule has 1 amide bonds. The van der Waals surface area contributed by atoms with Crippen LogP contribution in [0.5, 0.6) is 0 Å². The van der Waals surface area contributed by atoms with Crippen LogP contribution in [0.25, 0.3) is 10.9 Å². The van der Waals surface area contributed by atoms with Gasteiger partial charge in [0.2, 0.25) is 0 Å². The van der Waals surface area contributed by atoms with Crippen molar-refractivity contribution in [3.05, 3.63) is 41.3 Å². The highest BCUT2D eigenvalue weighted by Gasteiger charge is 2.08. The molecule has 0 unspecified atom stereocenters. The van der Waals surface area contributed by atoms with Gasteiger partial charge in [0.15, 0.2) is 0 Å². The third-order valence-corrected chi connectivity index (χ3v) is 2.24. The number of hydrogen-bond donors (Lipinski definition) is 1. The lowest BCUT2D eigenvalue weighted by molar-refractivity contribution is 0.0999. The van der Waals surface area contributed by atoms with Crippen LogP contribution >= 0.6 is 0 Å². The monoisotopic (exact) mass is 204 g/mol. The Hall–Kier alpha value is -1.97. The van der Waals surface area contributed by atoms with Gasteiger partial charge < -0.3 is 5.73 Å². The Labute approximate surface area is 85.7 Å². The first-order chi connectivity index (χ1) is 7.08. The summed E-state index contributed by atoms with van der Waals surface area (Å²) in [5, 5.41) is 0.704. The van der Waals surface area contributed by atoms with E-state index in [1.54, 1.807) is 19.1 Å². The molecule has 0 saturated heterocycles. The number of carbonyl (C=O) groups excluding carboxylic acids is 1. The van der Waals surface area contributed by atoms with Crippen molar-refractivity contribution in [1.82, 2.24) is 4.98 Å². The number of hydrogen-bond acceptors (Lipinski definition) is 2. The number of fused-ring (bicyclic) bond motifs is 1. The molecule has 1 aromatic heterocycles. The minimum atomic E-state index is -0.522. The number of nitrogens with two attached hydrogens (primary N) is 1. The molecule has 76 valence electrons. The summed E-state index contributed by atoms with van der Waals surface area (Å²) in [6.07, 6.45) is 0. The molecular formula is C11H9FN2O. The predicted octanol–water partition coefficient (Wildman–Crippen LogP) is 1.78. The standard InChI is InChI=1S/C11H9FN2O/c1-6-9(11(13)15)4-7-2-3-8(12)5-10(7)14-6/h2-5H,1H3,(H2,13,15). The summed E-state index contributed by atoms with van der Waals surface area (Å²) in [6, 6.07) is 5.85. The van der Waals surface area contributed by atoms with Crippen LogP contribution in [-0.2, 0) is 0 Å². The topological polar surface area (TPSA) is 56.0 Å². The number of primary amides is 1. The summed E-state index contributed by atoms with van der Waals surface area (Å²) in [6.45, 7) is 1.67. The third kappa shape index (κ3) is 1.66. The predicted molar refractivity (Wildman–Crippen MR) is 55.0 cm³/mol. The van der Waals surface area contributed by atoms with Crippen molar-refractivity contribution in [3.63, 3.8) is 0 Å². The van der Waals surface area contributed by atoms with Gasteiger partial charge in [-0.2, -0.15) is 0 Å². The van der Waals surface area contributed by atoms with E-state index >= 15 is 0 Å². The number of aryl methyl sites for hydroxylation is 1. The molecule has 2 N–H and O–H groups in total. The van der Waals surface area contributed by atoms with Crippen LogP contribution in [0.1, 0.15) is 16.1 Å². The summed E-state index contributed by atoms with van der Waals surface area (Å²) < 4.78 is 12.9. The van der Waals surface area contributed by atoms with Crippen molar-refractivity contribution in [2.24, 2.45) is 5.73 Å². The molecule has 15 heavy (non-hydrogen) atoms. The van der Waals surface area contributed by atoms with Crippen LogP contribution in [0.3, 0.4) is 0 Å². The van der Waals surface area contributed by atoms with Crippen molar-refractivity contribution >= 4 is 16.8 Å². The van der Waals surface area contributed by atoms with E-state index in [0.29, 0.717) is 22.2 Å². The lowest BCUT2D eigenvalue weighted by atomic mass is 10.1. The zero-order valence-corrected chi connectivity index (χ0v) is 8.12. The van der Waals surface area contributed by atoms with Gasteiger partial charge in [-0.3, -0.25) is 9.78 Å². The third-order valence-electron chi connectivity index (χ3n) is 2.24. The quantitative estimate of drug-likeness (QED) is 0.769. The number of benzene rings is 1. The summed E-state index contributed by atoms with van der Waals surface area (Å²) >= 11 is 0. The molecule has 0 aliphatic heterocycles. The molecule has 1 aromatic carbocycles. The first-order valence-corrected chi connectivity index (χ1v) is 4.44. The summed E-state index contributed by atoms with van der Waals surface area (Å²) in [5.41, 5.74) is 6.59. The highest BCUT2D eigenvalue weighted by molar-refractivity contribution is 5.97. The van der Waals surface area contributed by atoms with Crippen molar-refractivity contribution < 1.29 is 9.18 Å². The minimum Gasteiger partial charge on any atom is -0.366 e. The van der Waals surface area contributed by atoms with Crippen molar-refractivity contribution in [3.8, 4) is 0 Å². The normalized spacial score (nSPS) is 10.5. The second-order valence-corrected chi connectivity index (χ2v) is 3.32. The fraction of sp³-hybridized carbons (Fsp3) is 0.0909. The highest BCUT2D eigenvalue weighted by Crippen LogP contribution is 2.17. The molecular weight excluding hydrogens is 195 g/mol. The van der Waals surface area contributed by atoms with Gasteiger partial charge in [0.1, 0.15) is 5.82 Å². The molecule has 2 aromatic rings. The molecule has 4 heteroatoms. The van der Waals surface area contributed by atoms with Gasteiger partial charge in [-0.15, -0.1) is 0 Å². The van der Waals surface area contributed by atoms with Crippen LogP contribution in [-0.4, -0.2) is 10.9 Å². The number of pyridine rings is 1. The molecule has 0 bridgehead atoms. The molecule has 1 heterocycles. The van der Waals surface area contributed by atoms with E-state index in [-0.39, 0.29) is 5.82 Å². The van der Waals surface area contributed by atoms with Crippen LogP contribution in [0.15, 0.2) is 24.3 Å². The maximum atomic E-state index is 12.9. The van der Waals surface area contributed by atoms with E-state index in [1.165, 1.54) is 12.1 Å². The Morgan fingerprint density at radius 2 is 2.13 bits per heavy atom. The van der Waals surface area contributed by atoms with E-state index in [9.17, 15) is 9.18 Å². The SMILES string of the molecule is Cc1nc2cc(F)ccc2cc1C(N)=O. The minimum absolute atomic E-state index is 0.346. The Morgan fingerprint density at radius 1 is 1.40 bits per heavy atom. The van der Waals surface area contributed by atoms with Crippen molar-refractivity contribution in [1.29, 1.82) is 0 Å². The first-order valence-electron chi connectivity index (χ1n) is 4.44. The van der Waals surface area contributed by atoms with Gasteiger partial charge in [0, 0.05) is 11.5 Å². The molecule has 0 aliphatic rings. The number of halogens is 1. The summed E-state index contributed by atoms with van der Waals surface area (Å²) in [4.78, 5) is 15.2. The first kappa shape index (κ1) is 9.58. The Bertz CT molecular complexity index is 552. The second-order valence-electron chi connectivity index (χ2n) is 3.32.